The molecule has 3 aromatic carbocycles. The predicted octanol–water partition coefficient (Wildman–Crippen LogP) is 6.53. The second-order valence-electron chi connectivity index (χ2n) is 10.2. The van der Waals surface area contributed by atoms with Crippen molar-refractivity contribution in [3.63, 3.8) is 0 Å². The molecular weight excluding hydrogens is 583 g/mol. The van der Waals surface area contributed by atoms with Crippen LogP contribution in [0.5, 0.6) is 0 Å². The highest BCUT2D eigenvalue weighted by atomic mass is 35.5. The molecule has 1 spiro atoms. The molecule has 1 unspecified atom stereocenters. The molecule has 2 aliphatic heterocycles. The Hall–Kier alpha value is -4.05. The normalized spacial score (nSPS) is 17.8. The Balaban J connectivity index is 1.54. The monoisotopic (exact) mass is 602 g/mol. The standard InChI is InChI=1S/C30H20Cl2N4O4S/c1-15(2)26-33-34-29(41-26)36-27(38)25-23(24(37)19-13-18(32)11-12-22(19)40-25)30(36)20-5-3-4-6-21(20)35(28(30)39)14-16-7-9-17(31)10-8-16/h3-13,15H,14H2,1-2H3. The number of carbonyl (C=O) groups excluding carboxylic acids is 2. The summed E-state index contributed by atoms with van der Waals surface area (Å²) in [6.45, 7) is 4.11. The molecule has 0 saturated heterocycles. The fraction of sp³-hybridized carbons (Fsp3) is 0.167. The Kier molecular flexibility index (Phi) is 5.83. The van der Waals surface area contributed by atoms with Gasteiger partial charge in [0, 0.05) is 21.5 Å². The number of fused-ring (bicyclic) bond motifs is 5. The van der Waals surface area contributed by atoms with Gasteiger partial charge in [0.25, 0.3) is 11.8 Å². The van der Waals surface area contributed by atoms with Crippen molar-refractivity contribution in [1.29, 1.82) is 0 Å². The average Bonchev–Trinajstić information content (AvgIpc) is 3.61. The summed E-state index contributed by atoms with van der Waals surface area (Å²) >= 11 is 13.6. The number of carbonyl (C=O) groups is 2. The lowest BCUT2D eigenvalue weighted by Crippen LogP contribution is -2.53. The van der Waals surface area contributed by atoms with Crippen molar-refractivity contribution < 1.29 is 14.0 Å². The van der Waals surface area contributed by atoms with E-state index in [1.54, 1.807) is 47.4 Å². The summed E-state index contributed by atoms with van der Waals surface area (Å²) in [5, 5.41) is 10.6. The number of nitrogens with zero attached hydrogens (tertiary/aromatic N) is 4. The van der Waals surface area contributed by atoms with Crippen molar-refractivity contribution in [3.05, 3.63) is 114 Å². The first-order chi connectivity index (χ1) is 19.7. The van der Waals surface area contributed by atoms with E-state index in [9.17, 15) is 14.4 Å². The molecule has 0 saturated carbocycles. The third-order valence-electron chi connectivity index (χ3n) is 7.46. The molecule has 1 atom stereocenters. The maximum Gasteiger partial charge on any atom is 0.297 e. The summed E-state index contributed by atoms with van der Waals surface area (Å²) < 4.78 is 6.10. The molecule has 2 amide bonds. The molecule has 7 rings (SSSR count). The van der Waals surface area contributed by atoms with Crippen LogP contribution in [0.2, 0.25) is 10.0 Å². The Morgan fingerprint density at radius 3 is 2.41 bits per heavy atom. The highest BCUT2D eigenvalue weighted by molar-refractivity contribution is 7.15. The van der Waals surface area contributed by atoms with Gasteiger partial charge in [-0.25, -0.2) is 0 Å². The van der Waals surface area contributed by atoms with Crippen molar-refractivity contribution in [2.45, 2.75) is 31.8 Å². The number of para-hydroxylation sites is 1. The highest BCUT2D eigenvalue weighted by Gasteiger charge is 2.66. The Morgan fingerprint density at radius 2 is 1.68 bits per heavy atom. The van der Waals surface area contributed by atoms with Crippen molar-refractivity contribution in [2.75, 3.05) is 9.80 Å². The van der Waals surface area contributed by atoms with Gasteiger partial charge >= 0.3 is 0 Å². The van der Waals surface area contributed by atoms with Crippen LogP contribution in [0.1, 0.15) is 52.0 Å². The summed E-state index contributed by atoms with van der Waals surface area (Å²) in [4.78, 5) is 46.4. The molecule has 41 heavy (non-hydrogen) atoms. The summed E-state index contributed by atoms with van der Waals surface area (Å²) in [6, 6.07) is 18.9. The predicted molar refractivity (Wildman–Crippen MR) is 158 cm³/mol. The number of hydrogen-bond donors (Lipinski definition) is 0. The summed E-state index contributed by atoms with van der Waals surface area (Å²) in [5.41, 5.74) is -0.376. The second-order valence-corrected chi connectivity index (χ2v) is 12.1. The lowest BCUT2D eigenvalue weighted by Gasteiger charge is -2.32. The van der Waals surface area contributed by atoms with Crippen LogP contribution < -0.4 is 15.2 Å². The van der Waals surface area contributed by atoms with Crippen LogP contribution in [0.4, 0.5) is 10.8 Å². The third-order valence-corrected chi connectivity index (χ3v) is 9.15. The van der Waals surface area contributed by atoms with E-state index in [1.807, 2.05) is 32.0 Å². The van der Waals surface area contributed by atoms with Crippen LogP contribution in [0.15, 0.2) is 75.9 Å². The van der Waals surface area contributed by atoms with Crippen LogP contribution >= 0.6 is 34.5 Å². The Morgan fingerprint density at radius 1 is 0.951 bits per heavy atom. The maximum absolute atomic E-state index is 14.9. The number of amides is 2. The van der Waals surface area contributed by atoms with Crippen LogP contribution in [-0.4, -0.2) is 22.0 Å². The minimum absolute atomic E-state index is 0.0368. The first-order valence-corrected chi connectivity index (χ1v) is 14.4. The molecule has 0 bridgehead atoms. The molecule has 0 radical (unpaired) electrons. The van der Waals surface area contributed by atoms with E-state index in [2.05, 4.69) is 10.2 Å². The summed E-state index contributed by atoms with van der Waals surface area (Å²) in [5.74, 6) is -1.29. The minimum atomic E-state index is -1.86. The average molecular weight is 603 g/mol. The van der Waals surface area contributed by atoms with E-state index in [0.29, 0.717) is 26.3 Å². The molecule has 0 aliphatic carbocycles. The van der Waals surface area contributed by atoms with Crippen molar-refractivity contribution in [1.82, 2.24) is 10.2 Å². The van der Waals surface area contributed by atoms with E-state index in [-0.39, 0.29) is 39.9 Å². The largest absolute Gasteiger partial charge is 0.450 e. The molecule has 0 fully saturated rings. The number of halogens is 2. The SMILES string of the molecule is CC(C)c1nnc(N2C(=O)c3oc4ccc(Cl)cc4c(=O)c3C23C(=O)N(Cc2ccc(Cl)cc2)c2ccccc23)s1. The third kappa shape index (κ3) is 3.62. The van der Waals surface area contributed by atoms with Gasteiger partial charge in [-0.1, -0.05) is 78.7 Å². The molecule has 4 heterocycles. The molecule has 204 valence electrons. The molecule has 2 aromatic heterocycles. The van der Waals surface area contributed by atoms with Crippen LogP contribution in [0.3, 0.4) is 0 Å². The van der Waals surface area contributed by atoms with Gasteiger partial charge in [-0.3, -0.25) is 19.3 Å². The maximum atomic E-state index is 14.9. The number of anilines is 2. The first-order valence-electron chi connectivity index (χ1n) is 12.8. The van der Waals surface area contributed by atoms with Gasteiger partial charge in [0.15, 0.2) is 11.0 Å². The number of hydrogen-bond acceptors (Lipinski definition) is 7. The highest BCUT2D eigenvalue weighted by Crippen LogP contribution is 2.54. The van der Waals surface area contributed by atoms with Gasteiger partial charge in [-0.15, -0.1) is 10.2 Å². The van der Waals surface area contributed by atoms with E-state index in [1.165, 1.54) is 22.3 Å². The Labute approximate surface area is 247 Å². The lowest BCUT2D eigenvalue weighted by molar-refractivity contribution is -0.121. The fourth-order valence-electron chi connectivity index (χ4n) is 5.61. The van der Waals surface area contributed by atoms with E-state index in [4.69, 9.17) is 27.6 Å². The zero-order valence-corrected chi connectivity index (χ0v) is 24.0. The smallest absolute Gasteiger partial charge is 0.297 e. The molecule has 0 N–H and O–H groups in total. The van der Waals surface area contributed by atoms with E-state index >= 15 is 0 Å². The molecule has 2 aliphatic rings. The van der Waals surface area contributed by atoms with E-state index in [0.717, 1.165) is 5.56 Å². The van der Waals surface area contributed by atoms with Crippen LogP contribution in [0, 0.1) is 0 Å². The zero-order valence-electron chi connectivity index (χ0n) is 21.7. The zero-order chi connectivity index (χ0) is 28.6. The van der Waals surface area contributed by atoms with Crippen molar-refractivity contribution in [3.8, 4) is 0 Å². The van der Waals surface area contributed by atoms with Gasteiger partial charge in [-0.05, 0) is 42.0 Å². The minimum Gasteiger partial charge on any atom is -0.450 e. The molecule has 8 nitrogen and oxygen atoms in total. The first kappa shape index (κ1) is 25.9. The van der Waals surface area contributed by atoms with Crippen molar-refractivity contribution in [2.24, 2.45) is 0 Å². The lowest BCUT2D eigenvalue weighted by atomic mass is 9.84. The Bertz CT molecular complexity index is 1970. The number of benzene rings is 3. The molecular formula is C30H20Cl2N4O4S. The number of rotatable bonds is 4. The molecule has 11 heteroatoms. The van der Waals surface area contributed by atoms with Crippen molar-refractivity contribution >= 4 is 68.1 Å². The van der Waals surface area contributed by atoms with E-state index < -0.39 is 22.8 Å². The summed E-state index contributed by atoms with van der Waals surface area (Å²) in [6.07, 6.45) is 0. The van der Waals surface area contributed by atoms with Gasteiger partial charge in [0.05, 0.1) is 23.2 Å². The second kappa shape index (κ2) is 9.24. The van der Waals surface area contributed by atoms with Gasteiger partial charge in [0.2, 0.25) is 10.9 Å². The van der Waals surface area contributed by atoms with Gasteiger partial charge in [0.1, 0.15) is 10.6 Å². The van der Waals surface area contributed by atoms with Gasteiger partial charge in [-0.2, -0.15) is 0 Å². The van der Waals surface area contributed by atoms with Crippen LogP contribution in [0.25, 0.3) is 11.0 Å². The van der Waals surface area contributed by atoms with Gasteiger partial charge < -0.3 is 9.32 Å². The molecule has 5 aromatic rings. The topological polar surface area (TPSA) is 96.6 Å². The number of aromatic nitrogens is 2. The quantitative estimate of drug-likeness (QED) is 0.232. The van der Waals surface area contributed by atoms with Crippen LogP contribution in [-0.2, 0) is 16.9 Å². The fourth-order valence-corrected chi connectivity index (χ4v) is 6.81. The summed E-state index contributed by atoms with van der Waals surface area (Å²) in [7, 11) is 0.